The first-order valence-corrected chi connectivity index (χ1v) is 12.5. The third kappa shape index (κ3) is 8.57. The fraction of sp³-hybridized carbons (Fsp3) is 0.680. The van der Waals surface area contributed by atoms with Crippen molar-refractivity contribution in [2.75, 3.05) is 11.5 Å². The van der Waals surface area contributed by atoms with Crippen LogP contribution >= 0.6 is 23.5 Å². The zero-order chi connectivity index (χ0) is 19.9. The Bertz CT molecular complexity index is 626. The molecule has 0 aromatic heterocycles. The van der Waals surface area contributed by atoms with Crippen LogP contribution in [0, 0.1) is 23.7 Å². The molecule has 0 amide bonds. The maximum Gasteiger partial charge on any atom is 0.0109 e. The normalized spacial score (nSPS) is 22.0. The van der Waals surface area contributed by atoms with Crippen LogP contribution in [0.4, 0.5) is 0 Å². The Balaban J connectivity index is 1.95. The van der Waals surface area contributed by atoms with Crippen LogP contribution in [0.5, 0.6) is 0 Å². The summed E-state index contributed by atoms with van der Waals surface area (Å²) in [6, 6.07) is 0. The van der Waals surface area contributed by atoms with Crippen LogP contribution in [-0.2, 0) is 0 Å². The molecule has 0 aliphatic heterocycles. The molecule has 2 rings (SSSR count). The molecule has 0 aromatic carbocycles. The predicted molar refractivity (Wildman–Crippen MR) is 128 cm³/mol. The molecule has 0 aromatic rings. The highest BCUT2D eigenvalue weighted by atomic mass is 32.2. The van der Waals surface area contributed by atoms with E-state index in [1.165, 1.54) is 42.8 Å². The summed E-state index contributed by atoms with van der Waals surface area (Å²) in [7, 11) is 0. The summed E-state index contributed by atoms with van der Waals surface area (Å²) in [6.45, 7) is 13.8. The van der Waals surface area contributed by atoms with Gasteiger partial charge in [0.2, 0.25) is 0 Å². The summed E-state index contributed by atoms with van der Waals surface area (Å²) in [4.78, 5) is 0. The number of hydrogen-bond donors (Lipinski definition) is 0. The third-order valence-corrected chi connectivity index (χ3v) is 7.52. The monoisotopic (exact) mass is 402 g/mol. The predicted octanol–water partition coefficient (Wildman–Crippen LogP) is 7.67. The van der Waals surface area contributed by atoms with Crippen molar-refractivity contribution in [2.45, 2.75) is 83.1 Å². The Morgan fingerprint density at radius 2 is 1.48 bits per heavy atom. The molecule has 27 heavy (non-hydrogen) atoms. The van der Waals surface area contributed by atoms with Crippen molar-refractivity contribution < 1.29 is 0 Å². The van der Waals surface area contributed by atoms with Crippen LogP contribution in [0.15, 0.2) is 35.5 Å². The molecular weight excluding hydrogens is 364 g/mol. The Morgan fingerprint density at radius 3 is 2.11 bits per heavy atom. The molecule has 0 nitrogen and oxygen atoms in total. The quantitative estimate of drug-likeness (QED) is 0.316. The molecule has 0 saturated heterocycles. The van der Waals surface area contributed by atoms with Crippen molar-refractivity contribution in [1.29, 1.82) is 0 Å². The van der Waals surface area contributed by atoms with Gasteiger partial charge in [-0.05, 0) is 37.2 Å². The van der Waals surface area contributed by atoms with Crippen LogP contribution in [-0.4, -0.2) is 21.0 Å². The van der Waals surface area contributed by atoms with E-state index >= 15 is 0 Å². The van der Waals surface area contributed by atoms with Gasteiger partial charge in [-0.3, -0.25) is 0 Å². The van der Waals surface area contributed by atoms with Crippen molar-refractivity contribution in [2.24, 2.45) is 11.8 Å². The molecule has 0 heterocycles. The van der Waals surface area contributed by atoms with E-state index < -0.39 is 0 Å². The van der Waals surface area contributed by atoms with Crippen molar-refractivity contribution in [1.82, 2.24) is 0 Å². The van der Waals surface area contributed by atoms with Gasteiger partial charge in [-0.1, -0.05) is 83.3 Å². The van der Waals surface area contributed by atoms with Crippen molar-refractivity contribution in [3.05, 3.63) is 35.5 Å². The number of fused-ring (bicyclic) bond motifs is 2. The Hall–Kier alpha value is -0.520. The van der Waals surface area contributed by atoms with Gasteiger partial charge in [-0.25, -0.2) is 0 Å². The first-order valence-electron chi connectivity index (χ1n) is 10.5. The lowest BCUT2D eigenvalue weighted by Gasteiger charge is -2.18. The highest BCUT2D eigenvalue weighted by molar-refractivity contribution is 8.00. The minimum atomic E-state index is 0.367. The Morgan fingerprint density at radius 1 is 0.889 bits per heavy atom. The molecule has 0 radical (unpaired) electrons. The van der Waals surface area contributed by atoms with Gasteiger partial charge in [0.15, 0.2) is 0 Å². The summed E-state index contributed by atoms with van der Waals surface area (Å²) in [5, 5.41) is 0. The maximum absolute atomic E-state index is 3.61. The molecule has 2 atom stereocenters. The van der Waals surface area contributed by atoms with E-state index in [0.29, 0.717) is 21.3 Å². The molecule has 2 aliphatic carbocycles. The zero-order valence-electron chi connectivity index (χ0n) is 18.2. The average Bonchev–Trinajstić information content (AvgIpc) is 2.69. The van der Waals surface area contributed by atoms with E-state index in [0.717, 1.165) is 6.42 Å². The molecule has 2 aliphatic rings. The van der Waals surface area contributed by atoms with Gasteiger partial charge in [-0.2, -0.15) is 23.5 Å². The Kier molecular flexibility index (Phi) is 8.70. The summed E-state index contributed by atoms with van der Waals surface area (Å²) in [5.41, 5.74) is 3.08. The highest BCUT2D eigenvalue weighted by Gasteiger charge is 2.30. The molecule has 150 valence electrons. The van der Waals surface area contributed by atoms with E-state index in [-0.39, 0.29) is 0 Å². The number of hydrogen-bond acceptors (Lipinski definition) is 2. The largest absolute Gasteiger partial charge is 0.156 e. The van der Waals surface area contributed by atoms with Gasteiger partial charge in [-0.15, -0.1) is 0 Å². The average molecular weight is 403 g/mol. The third-order valence-electron chi connectivity index (χ3n) is 4.80. The van der Waals surface area contributed by atoms with Crippen LogP contribution in [0.25, 0.3) is 0 Å². The van der Waals surface area contributed by atoms with E-state index in [4.69, 9.17) is 0 Å². The summed E-state index contributed by atoms with van der Waals surface area (Å²) < 4.78 is 0.736. The van der Waals surface area contributed by atoms with Gasteiger partial charge in [0.05, 0.1) is 0 Å². The molecule has 2 heteroatoms. The van der Waals surface area contributed by atoms with Crippen molar-refractivity contribution in [3.8, 4) is 11.8 Å². The van der Waals surface area contributed by atoms with Gasteiger partial charge in [0.1, 0.15) is 0 Å². The second-order valence-electron chi connectivity index (χ2n) is 9.59. The molecule has 2 bridgehead atoms. The standard InChI is InChI=1S/C25H38S2/c1-24(2,3)26-17-11-7-8-15-22-20-13-9-10-14-21(19-20)23(22)16-12-18-27-25(4,5)6/h9-10,13-14,20-21H,7,11-12,16-19H2,1-6H3. The van der Waals surface area contributed by atoms with E-state index in [1.54, 1.807) is 5.57 Å². The summed E-state index contributed by atoms with van der Waals surface area (Å²) >= 11 is 4.13. The fourth-order valence-corrected chi connectivity index (χ4v) is 5.37. The molecule has 0 spiro atoms. The fourth-order valence-electron chi connectivity index (χ4n) is 3.57. The van der Waals surface area contributed by atoms with Gasteiger partial charge < -0.3 is 0 Å². The Labute approximate surface area is 177 Å². The number of rotatable bonds is 7. The second-order valence-corrected chi connectivity index (χ2v) is 13.4. The smallest absolute Gasteiger partial charge is 0.0109 e. The lowest BCUT2D eigenvalue weighted by Crippen LogP contribution is -2.08. The molecule has 0 saturated carbocycles. The van der Waals surface area contributed by atoms with E-state index in [2.05, 4.69) is 89.4 Å². The molecule has 0 N–H and O–H groups in total. The highest BCUT2D eigenvalue weighted by Crippen LogP contribution is 2.42. The summed E-state index contributed by atoms with van der Waals surface area (Å²) in [6.07, 6.45) is 15.2. The topological polar surface area (TPSA) is 0 Å². The van der Waals surface area contributed by atoms with Crippen LogP contribution < -0.4 is 0 Å². The van der Waals surface area contributed by atoms with E-state index in [1.807, 2.05) is 11.8 Å². The number of thioether (sulfide) groups is 2. The second kappa shape index (κ2) is 10.3. The maximum atomic E-state index is 3.61. The molecule has 2 unspecified atom stereocenters. The first kappa shape index (κ1) is 22.8. The first-order chi connectivity index (χ1) is 12.7. The SMILES string of the molecule is CC(C)(C)SCCCC#CC1=C(CCCSC(C)(C)C)C2C=CC=CC1C2. The summed E-state index contributed by atoms with van der Waals surface area (Å²) in [5.74, 6) is 10.7. The van der Waals surface area contributed by atoms with E-state index in [9.17, 15) is 0 Å². The van der Waals surface area contributed by atoms with Crippen molar-refractivity contribution in [3.63, 3.8) is 0 Å². The molecular formula is C25H38S2. The lowest BCUT2D eigenvalue weighted by atomic mass is 9.96. The van der Waals surface area contributed by atoms with Gasteiger partial charge >= 0.3 is 0 Å². The minimum Gasteiger partial charge on any atom is -0.156 e. The van der Waals surface area contributed by atoms with Crippen LogP contribution in [0.2, 0.25) is 0 Å². The minimum absolute atomic E-state index is 0.367. The van der Waals surface area contributed by atoms with Crippen LogP contribution in [0.3, 0.4) is 0 Å². The van der Waals surface area contributed by atoms with Gasteiger partial charge in [0, 0.05) is 33.3 Å². The van der Waals surface area contributed by atoms with Gasteiger partial charge in [0.25, 0.3) is 0 Å². The number of allylic oxidation sites excluding steroid dienone is 6. The lowest BCUT2D eigenvalue weighted by molar-refractivity contribution is 0.644. The molecule has 0 fully saturated rings. The van der Waals surface area contributed by atoms with Crippen LogP contribution in [0.1, 0.15) is 73.6 Å². The zero-order valence-corrected chi connectivity index (χ0v) is 19.9. The number of unbranched alkanes of at least 4 members (excludes halogenated alkanes) is 1. The van der Waals surface area contributed by atoms with Crippen molar-refractivity contribution >= 4 is 23.5 Å².